The van der Waals surface area contributed by atoms with Crippen LogP contribution in [0, 0.1) is 10.8 Å². The van der Waals surface area contributed by atoms with Gasteiger partial charge in [0.1, 0.15) is 0 Å². The number of Topliss-reactive ketones (excluding diaryl/α,β-unsaturated/α-hetero) is 1. The Hall–Kier alpha value is -0.510. The molecule has 3 fully saturated rings. The molecule has 1 saturated heterocycles. The highest BCUT2D eigenvalue weighted by Gasteiger charge is 2.95. The van der Waals surface area contributed by atoms with E-state index in [1.165, 1.54) is 0 Å². The summed E-state index contributed by atoms with van der Waals surface area (Å²) in [5.74, 6) is -0.780. The number of fused-ring (bicyclic) bond motifs is 1. The molecule has 3 atom stereocenters. The molecule has 2 bridgehead atoms. The zero-order valence-electron chi connectivity index (χ0n) is 10.8. The fourth-order valence-corrected chi connectivity index (χ4v) is 9.53. The molecule has 7 nitrogen and oxygen atoms in total. The molecule has 19 heavy (non-hydrogen) atoms. The molecule has 1 heterocycles. The summed E-state index contributed by atoms with van der Waals surface area (Å²) in [6, 6.07) is 0. The van der Waals surface area contributed by atoms with Crippen LogP contribution < -0.4 is 9.86 Å². The van der Waals surface area contributed by atoms with Crippen molar-refractivity contribution in [2.45, 2.75) is 43.2 Å². The molecule has 3 N–H and O–H groups in total. The van der Waals surface area contributed by atoms with Crippen LogP contribution in [0.2, 0.25) is 0 Å². The molecule has 2 aliphatic carbocycles. The molecule has 2 saturated carbocycles. The van der Waals surface area contributed by atoms with Gasteiger partial charge in [0, 0.05) is 5.41 Å². The van der Waals surface area contributed by atoms with E-state index < -0.39 is 46.3 Å². The van der Waals surface area contributed by atoms with Gasteiger partial charge in [-0.2, -0.15) is 0 Å². The minimum atomic E-state index is -4.57. The summed E-state index contributed by atoms with van der Waals surface area (Å²) >= 11 is 0. The van der Waals surface area contributed by atoms with Crippen molar-refractivity contribution in [2.24, 2.45) is 16.0 Å². The monoisotopic (exact) mass is 308 g/mol. The van der Waals surface area contributed by atoms with E-state index in [4.69, 9.17) is 5.14 Å². The van der Waals surface area contributed by atoms with Crippen molar-refractivity contribution >= 4 is 25.8 Å². The van der Waals surface area contributed by atoms with Crippen molar-refractivity contribution in [3.8, 4) is 0 Å². The molecule has 3 unspecified atom stereocenters. The van der Waals surface area contributed by atoms with Crippen LogP contribution in [0.4, 0.5) is 0 Å². The van der Waals surface area contributed by atoms with E-state index in [0.717, 1.165) is 0 Å². The van der Waals surface area contributed by atoms with Crippen LogP contribution in [0.3, 0.4) is 0 Å². The Balaban J connectivity index is 2.49. The number of sulfonamides is 2. The van der Waals surface area contributed by atoms with Crippen LogP contribution in [0.25, 0.3) is 0 Å². The van der Waals surface area contributed by atoms with E-state index in [1.807, 2.05) is 0 Å². The number of carbonyl (C=O) groups is 1. The number of primary sulfonamides is 1. The van der Waals surface area contributed by atoms with Gasteiger partial charge in [0.15, 0.2) is 5.78 Å². The van der Waals surface area contributed by atoms with Crippen molar-refractivity contribution in [3.05, 3.63) is 0 Å². The van der Waals surface area contributed by atoms with Gasteiger partial charge >= 0.3 is 0 Å². The number of nitrogens with one attached hydrogen (secondary N) is 1. The second-order valence-corrected chi connectivity index (χ2v) is 10.2. The number of hydrogen-bond donors (Lipinski definition) is 2. The Morgan fingerprint density at radius 2 is 1.74 bits per heavy atom. The highest BCUT2D eigenvalue weighted by atomic mass is 32.3. The second-order valence-electron chi connectivity index (χ2n) is 6.46. The molecular weight excluding hydrogens is 292 g/mol. The average Bonchev–Trinajstić information content (AvgIpc) is 2.42. The van der Waals surface area contributed by atoms with E-state index in [1.54, 1.807) is 20.8 Å². The maximum atomic E-state index is 12.7. The van der Waals surface area contributed by atoms with Crippen molar-refractivity contribution in [2.75, 3.05) is 0 Å². The summed E-state index contributed by atoms with van der Waals surface area (Å²) in [5.41, 5.74) is -3.11. The summed E-state index contributed by atoms with van der Waals surface area (Å²) < 4.78 is 48.1. The smallest absolute Gasteiger partial charge is 0.277 e. The second kappa shape index (κ2) is 2.76. The number of nitrogens with two attached hydrogens (primary N) is 1. The topological polar surface area (TPSA) is 123 Å². The van der Waals surface area contributed by atoms with E-state index in [9.17, 15) is 21.6 Å². The number of hydrogen-bond acceptors (Lipinski definition) is 5. The molecule has 9 heteroatoms. The largest absolute Gasteiger partial charge is 0.296 e. The van der Waals surface area contributed by atoms with Crippen LogP contribution in [0.15, 0.2) is 0 Å². The zero-order chi connectivity index (χ0) is 14.7. The Labute approximate surface area is 112 Å². The maximum Gasteiger partial charge on any atom is 0.277 e. The first-order chi connectivity index (χ1) is 8.32. The van der Waals surface area contributed by atoms with Crippen molar-refractivity contribution in [1.29, 1.82) is 0 Å². The number of rotatable bonds is 1. The molecule has 0 aromatic heterocycles. The molecule has 0 radical (unpaired) electrons. The first-order valence-electron chi connectivity index (χ1n) is 5.93. The average molecular weight is 308 g/mol. The lowest BCUT2D eigenvalue weighted by molar-refractivity contribution is -0.128. The number of ketones is 1. The summed E-state index contributed by atoms with van der Waals surface area (Å²) in [6.45, 7) is 5.09. The molecule has 108 valence electrons. The summed E-state index contributed by atoms with van der Waals surface area (Å²) in [7, 11) is -8.86. The number of carbonyl (C=O) groups excluding carboxylic acids is 1. The van der Waals surface area contributed by atoms with Crippen LogP contribution in [0.5, 0.6) is 0 Å². The Morgan fingerprint density at radius 3 is 2.05 bits per heavy atom. The van der Waals surface area contributed by atoms with Crippen molar-refractivity contribution < 1.29 is 21.6 Å². The third kappa shape index (κ3) is 0.869. The Kier molecular flexibility index (Phi) is 1.96. The van der Waals surface area contributed by atoms with Gasteiger partial charge in [-0.15, -0.1) is 0 Å². The lowest BCUT2D eigenvalue weighted by Crippen LogP contribution is -2.86. The minimum absolute atomic E-state index is 0.303. The predicted molar refractivity (Wildman–Crippen MR) is 66.8 cm³/mol. The third-order valence-electron chi connectivity index (χ3n) is 5.90. The van der Waals surface area contributed by atoms with E-state index in [2.05, 4.69) is 4.72 Å². The molecule has 3 aliphatic rings. The van der Waals surface area contributed by atoms with Crippen molar-refractivity contribution in [1.82, 2.24) is 4.72 Å². The zero-order valence-corrected chi connectivity index (χ0v) is 12.5. The molecule has 1 spiro atoms. The van der Waals surface area contributed by atoms with Gasteiger partial charge in [-0.05, 0) is 18.3 Å². The summed E-state index contributed by atoms with van der Waals surface area (Å²) in [5, 5.41) is 5.18. The molecule has 0 aromatic carbocycles. The van der Waals surface area contributed by atoms with Crippen LogP contribution in [-0.4, -0.2) is 32.2 Å². The first kappa shape index (κ1) is 13.5. The standard InChI is InChI=1S/C10H16N2O5S2/c1-7(2)8(3)4-5-9(7)10(6(8)13,18(11,14)15)19(16,17)12-9/h12H,4-5H2,1-3H3,(H2,11,14,15). The van der Waals surface area contributed by atoms with Gasteiger partial charge in [0.2, 0.25) is 20.0 Å². The summed E-state index contributed by atoms with van der Waals surface area (Å²) in [4.78, 5) is 12.7. The summed E-state index contributed by atoms with van der Waals surface area (Å²) in [6.07, 6.45) is 0.760. The third-order valence-corrected chi connectivity index (χ3v) is 10.5. The molecular formula is C10H16N2O5S2. The predicted octanol–water partition coefficient (Wildman–Crippen LogP) is -0.948. The van der Waals surface area contributed by atoms with Gasteiger partial charge in [-0.3, -0.25) is 4.79 Å². The molecule has 3 rings (SSSR count). The highest BCUT2D eigenvalue weighted by molar-refractivity contribution is 8.11. The lowest BCUT2D eigenvalue weighted by Gasteiger charge is -2.55. The van der Waals surface area contributed by atoms with Crippen LogP contribution in [0.1, 0.15) is 33.6 Å². The van der Waals surface area contributed by atoms with Crippen LogP contribution in [-0.2, 0) is 24.8 Å². The fraction of sp³-hybridized carbons (Fsp3) is 0.900. The van der Waals surface area contributed by atoms with Gasteiger partial charge in [-0.25, -0.2) is 26.7 Å². The van der Waals surface area contributed by atoms with E-state index in [-0.39, 0.29) is 0 Å². The van der Waals surface area contributed by atoms with Crippen LogP contribution >= 0.6 is 0 Å². The van der Waals surface area contributed by atoms with Gasteiger partial charge in [0.25, 0.3) is 4.08 Å². The van der Waals surface area contributed by atoms with Gasteiger partial charge in [0.05, 0.1) is 5.54 Å². The Bertz CT molecular complexity index is 701. The SMILES string of the molecule is CC12CCC3(NS(=O)(=O)C3(S(N)(=O)=O)C1=O)C2(C)C. The highest BCUT2D eigenvalue weighted by Crippen LogP contribution is 2.75. The lowest BCUT2D eigenvalue weighted by atomic mass is 9.69. The van der Waals surface area contributed by atoms with Gasteiger partial charge in [-0.1, -0.05) is 20.8 Å². The quantitative estimate of drug-likeness (QED) is 0.646. The minimum Gasteiger partial charge on any atom is -0.296 e. The fourth-order valence-electron chi connectivity index (χ4n) is 4.44. The molecule has 0 amide bonds. The van der Waals surface area contributed by atoms with Gasteiger partial charge < -0.3 is 0 Å². The Morgan fingerprint density at radius 1 is 1.21 bits per heavy atom. The van der Waals surface area contributed by atoms with E-state index in [0.29, 0.717) is 12.8 Å². The maximum absolute atomic E-state index is 12.7. The molecule has 0 aromatic rings. The normalized spacial score (nSPS) is 49.8. The first-order valence-corrected chi connectivity index (χ1v) is 8.96. The molecule has 1 aliphatic heterocycles. The van der Waals surface area contributed by atoms with Crippen molar-refractivity contribution in [3.63, 3.8) is 0 Å². The van der Waals surface area contributed by atoms with E-state index >= 15 is 0 Å².